The van der Waals surface area contributed by atoms with Crippen molar-refractivity contribution in [1.29, 1.82) is 0 Å². The van der Waals surface area contributed by atoms with Gasteiger partial charge in [-0.25, -0.2) is 9.21 Å². The van der Waals surface area contributed by atoms with E-state index < -0.39 is 17.8 Å². The molecule has 8 nitrogen and oxygen atoms in total. The Labute approximate surface area is 226 Å². The topological polar surface area (TPSA) is 105 Å². The fourth-order valence-electron chi connectivity index (χ4n) is 2.97. The van der Waals surface area contributed by atoms with Crippen LogP contribution in [0.2, 0.25) is 15.1 Å². The van der Waals surface area contributed by atoms with Crippen LogP contribution in [-0.2, 0) is 20.9 Å². The third kappa shape index (κ3) is 6.95. The highest BCUT2D eigenvalue weighted by Crippen LogP contribution is 2.40. The van der Waals surface area contributed by atoms with Gasteiger partial charge in [-0.1, -0.05) is 46.9 Å². The van der Waals surface area contributed by atoms with Crippen LogP contribution in [0.25, 0.3) is 0 Å². The molecule has 0 fully saturated rings. The van der Waals surface area contributed by atoms with E-state index in [0.717, 1.165) is 4.42 Å². The Hall–Kier alpha value is -3.17. The van der Waals surface area contributed by atoms with Crippen LogP contribution < -0.4 is 10.1 Å². The van der Waals surface area contributed by atoms with Gasteiger partial charge in [0.1, 0.15) is 11.5 Å². The van der Waals surface area contributed by atoms with E-state index in [2.05, 4.69) is 10.1 Å². The molecule has 0 unspecified atom stereocenters. The van der Waals surface area contributed by atoms with Crippen LogP contribution in [0.3, 0.4) is 0 Å². The summed E-state index contributed by atoms with van der Waals surface area (Å²) in [5.74, 6) is -2.93. The lowest BCUT2D eigenvalue weighted by atomic mass is 10.1. The highest BCUT2D eigenvalue weighted by Gasteiger charge is 2.21. The summed E-state index contributed by atoms with van der Waals surface area (Å²) in [6.45, 7) is 1.64. The van der Waals surface area contributed by atoms with Crippen molar-refractivity contribution in [3.63, 3.8) is 0 Å². The minimum atomic E-state index is -1.06. The molecule has 0 atom stereocenters. The van der Waals surface area contributed by atoms with Crippen molar-refractivity contribution in [2.75, 3.05) is 11.9 Å². The quantitative estimate of drug-likeness (QED) is 0.192. The van der Waals surface area contributed by atoms with Crippen LogP contribution in [0, 0.1) is 0 Å². The summed E-state index contributed by atoms with van der Waals surface area (Å²) in [6.07, 6.45) is 0. The SMILES string of the molecule is CCOC(=O)C(=O)Nc1cc(Cl)c(Oc2ccc(O)c(C(=O)N(Cl)Cc3cccc(Cl)c3)c2)c(Cl)c1. The summed E-state index contributed by atoms with van der Waals surface area (Å²) in [5, 5.41) is 13.0. The molecule has 2 N–H and O–H groups in total. The lowest BCUT2D eigenvalue weighted by Gasteiger charge is -2.16. The third-order valence-corrected chi connectivity index (χ3v) is 5.64. The number of aromatic hydroxyl groups is 1. The number of phenolic OH excluding ortho intramolecular Hbond substituents is 1. The molecule has 0 saturated heterocycles. The first-order valence-electron chi connectivity index (χ1n) is 10.3. The highest BCUT2D eigenvalue weighted by atomic mass is 35.5. The molecule has 0 bridgehead atoms. The van der Waals surface area contributed by atoms with Gasteiger partial charge in [0.05, 0.1) is 28.8 Å². The van der Waals surface area contributed by atoms with Gasteiger partial charge >= 0.3 is 11.9 Å². The summed E-state index contributed by atoms with van der Waals surface area (Å²) in [7, 11) is 0. The van der Waals surface area contributed by atoms with Gasteiger partial charge in [0, 0.05) is 22.5 Å². The van der Waals surface area contributed by atoms with Gasteiger partial charge in [0.25, 0.3) is 5.91 Å². The van der Waals surface area contributed by atoms with E-state index >= 15 is 0 Å². The minimum Gasteiger partial charge on any atom is -0.507 e. The number of halogens is 4. The van der Waals surface area contributed by atoms with Crippen LogP contribution in [-0.4, -0.2) is 33.9 Å². The zero-order valence-corrected chi connectivity index (χ0v) is 21.6. The largest absolute Gasteiger partial charge is 0.507 e. The van der Waals surface area contributed by atoms with E-state index in [4.69, 9.17) is 51.3 Å². The molecule has 0 radical (unpaired) electrons. The van der Waals surface area contributed by atoms with Crippen molar-refractivity contribution in [2.24, 2.45) is 0 Å². The maximum atomic E-state index is 12.9. The number of hydrogen-bond acceptors (Lipinski definition) is 6. The van der Waals surface area contributed by atoms with Gasteiger partial charge in [-0.3, -0.25) is 9.59 Å². The molecule has 3 aromatic rings. The Balaban J connectivity index is 1.78. The number of benzene rings is 3. The molecule has 0 aromatic heterocycles. The number of phenols is 1. The molecular formula is C24H18Cl4N2O6. The van der Waals surface area contributed by atoms with Crippen molar-refractivity contribution >= 4 is 70.1 Å². The Morgan fingerprint density at radius 1 is 1.00 bits per heavy atom. The molecule has 3 aromatic carbocycles. The normalized spacial score (nSPS) is 10.5. The molecule has 2 amide bonds. The van der Waals surface area contributed by atoms with Gasteiger partial charge in [-0.15, -0.1) is 0 Å². The predicted molar refractivity (Wildman–Crippen MR) is 137 cm³/mol. The first-order chi connectivity index (χ1) is 17.1. The smallest absolute Gasteiger partial charge is 0.397 e. The van der Waals surface area contributed by atoms with E-state index in [0.29, 0.717) is 10.6 Å². The number of rotatable bonds is 7. The number of hydrogen-bond donors (Lipinski definition) is 2. The second-order valence-electron chi connectivity index (χ2n) is 7.18. The summed E-state index contributed by atoms with van der Waals surface area (Å²) < 4.78 is 11.3. The molecule has 36 heavy (non-hydrogen) atoms. The van der Waals surface area contributed by atoms with E-state index in [1.807, 2.05) is 0 Å². The van der Waals surface area contributed by atoms with Crippen molar-refractivity contribution in [2.45, 2.75) is 13.5 Å². The van der Waals surface area contributed by atoms with Gasteiger partial charge in [-0.2, -0.15) is 0 Å². The van der Waals surface area contributed by atoms with Crippen LogP contribution >= 0.6 is 46.6 Å². The van der Waals surface area contributed by atoms with Crippen LogP contribution in [0.5, 0.6) is 17.2 Å². The highest BCUT2D eigenvalue weighted by molar-refractivity contribution is 6.39. The van der Waals surface area contributed by atoms with Crippen molar-refractivity contribution in [1.82, 2.24) is 4.42 Å². The fraction of sp³-hybridized carbons (Fsp3) is 0.125. The molecule has 0 aliphatic rings. The van der Waals surface area contributed by atoms with Crippen LogP contribution in [0.4, 0.5) is 5.69 Å². The number of carbonyl (C=O) groups excluding carboxylic acids is 3. The van der Waals surface area contributed by atoms with E-state index in [9.17, 15) is 19.5 Å². The first kappa shape index (κ1) is 27.4. The summed E-state index contributed by atoms with van der Waals surface area (Å²) in [6, 6.07) is 13.4. The predicted octanol–water partition coefficient (Wildman–Crippen LogP) is 6.44. The fourth-order valence-corrected chi connectivity index (χ4v) is 3.98. The van der Waals surface area contributed by atoms with Crippen molar-refractivity contribution < 1.29 is 29.0 Å². The van der Waals surface area contributed by atoms with Gasteiger partial charge < -0.3 is 19.9 Å². The second kappa shape index (κ2) is 12.2. The molecule has 188 valence electrons. The lowest BCUT2D eigenvalue weighted by molar-refractivity contribution is -0.152. The Kier molecular flexibility index (Phi) is 9.28. The van der Waals surface area contributed by atoms with Crippen molar-refractivity contribution in [3.8, 4) is 17.2 Å². The second-order valence-corrected chi connectivity index (χ2v) is 8.84. The molecule has 3 rings (SSSR count). The maximum Gasteiger partial charge on any atom is 0.397 e. The molecule has 0 aliphatic heterocycles. The number of nitrogens with one attached hydrogen (secondary N) is 1. The summed E-state index contributed by atoms with van der Waals surface area (Å²) in [5.41, 5.74) is 0.692. The number of carbonyl (C=O) groups is 3. The monoisotopic (exact) mass is 570 g/mol. The Bertz CT molecular complexity index is 1290. The van der Waals surface area contributed by atoms with Gasteiger partial charge in [-0.05, 0) is 55.0 Å². The number of anilines is 1. The lowest BCUT2D eigenvalue weighted by Crippen LogP contribution is -2.24. The average Bonchev–Trinajstić information content (AvgIpc) is 2.82. The average molecular weight is 572 g/mol. The van der Waals surface area contributed by atoms with Crippen LogP contribution in [0.1, 0.15) is 22.8 Å². The maximum absolute atomic E-state index is 12.9. The minimum absolute atomic E-state index is 0.00235. The number of esters is 1. The zero-order valence-electron chi connectivity index (χ0n) is 18.6. The molecule has 0 spiro atoms. The molecule has 0 heterocycles. The van der Waals surface area contributed by atoms with Crippen LogP contribution in [0.15, 0.2) is 54.6 Å². The van der Waals surface area contributed by atoms with E-state index in [-0.39, 0.29) is 51.7 Å². The van der Waals surface area contributed by atoms with Crippen molar-refractivity contribution in [3.05, 3.63) is 80.8 Å². The third-order valence-electron chi connectivity index (χ3n) is 4.57. The molecular weight excluding hydrogens is 554 g/mol. The number of amides is 2. The Morgan fingerprint density at radius 2 is 1.69 bits per heavy atom. The summed E-state index contributed by atoms with van der Waals surface area (Å²) >= 11 is 24.7. The number of ether oxygens (including phenoxy) is 2. The molecule has 0 saturated carbocycles. The number of nitrogens with zero attached hydrogens (tertiary/aromatic N) is 1. The molecule has 0 aliphatic carbocycles. The molecule has 12 heteroatoms. The Morgan fingerprint density at radius 3 is 2.33 bits per heavy atom. The summed E-state index contributed by atoms with van der Waals surface area (Å²) in [4.78, 5) is 36.2. The van der Waals surface area contributed by atoms with E-state index in [1.165, 1.54) is 30.3 Å². The van der Waals surface area contributed by atoms with Gasteiger partial charge in [0.2, 0.25) is 0 Å². The standard InChI is InChI=1S/C24H18Cl4N2O6/c1-2-35-24(34)22(32)29-15-9-18(26)21(19(27)10-15)36-16-6-7-20(31)17(11-16)23(33)30(28)12-13-4-3-5-14(25)8-13/h3-11,31H,2,12H2,1H3,(H,29,32). The zero-order chi connectivity index (χ0) is 26.4. The van der Waals surface area contributed by atoms with E-state index in [1.54, 1.807) is 31.2 Å². The van der Waals surface area contributed by atoms with Gasteiger partial charge in [0.15, 0.2) is 5.75 Å². The first-order valence-corrected chi connectivity index (χ1v) is 11.8.